The molecule has 4 nitrogen and oxygen atoms in total. The third kappa shape index (κ3) is 3.73. The number of hydrogen-bond acceptors (Lipinski definition) is 4. The fourth-order valence-electron chi connectivity index (χ4n) is 0.992. The predicted octanol–water partition coefficient (Wildman–Crippen LogP) is 3.48. The molecule has 0 aliphatic carbocycles. The van der Waals surface area contributed by atoms with Crippen molar-refractivity contribution < 1.29 is 9.53 Å². The van der Waals surface area contributed by atoms with Crippen LogP contribution in [0.5, 0.6) is 0 Å². The summed E-state index contributed by atoms with van der Waals surface area (Å²) in [6.07, 6.45) is 0. The second-order valence-electron chi connectivity index (χ2n) is 3.09. The number of nitrogens with zero attached hydrogens (tertiary/aromatic N) is 2. The Hall–Kier alpha value is -1.23. The van der Waals surface area contributed by atoms with E-state index >= 15 is 0 Å². The monoisotopic (exact) mass is 284 g/mol. The standard InChI is InChI=1S/C11H13BrN2O2/c1-3-16-11(15)8(2)13-14-10-7-5-4-6-9(10)12/h4-8H,3H2,1-2H3. The summed E-state index contributed by atoms with van der Waals surface area (Å²) in [6.45, 7) is 3.77. The van der Waals surface area contributed by atoms with Crippen LogP contribution in [0.2, 0.25) is 0 Å². The molecule has 1 aromatic carbocycles. The van der Waals surface area contributed by atoms with Crippen molar-refractivity contribution in [3.05, 3.63) is 28.7 Å². The predicted molar refractivity (Wildman–Crippen MR) is 64.8 cm³/mol. The van der Waals surface area contributed by atoms with Crippen molar-refractivity contribution >= 4 is 27.6 Å². The van der Waals surface area contributed by atoms with Gasteiger partial charge in [0.2, 0.25) is 0 Å². The number of carbonyl (C=O) groups excluding carboxylic acids is 1. The number of benzene rings is 1. The van der Waals surface area contributed by atoms with Crippen molar-refractivity contribution in [2.24, 2.45) is 10.2 Å². The molecule has 0 saturated heterocycles. The number of azo groups is 1. The molecule has 0 radical (unpaired) electrons. The normalized spacial score (nSPS) is 12.7. The van der Waals surface area contributed by atoms with Gasteiger partial charge < -0.3 is 4.74 Å². The zero-order valence-corrected chi connectivity index (χ0v) is 10.8. The summed E-state index contributed by atoms with van der Waals surface area (Å²) >= 11 is 3.34. The maximum absolute atomic E-state index is 11.3. The van der Waals surface area contributed by atoms with Crippen molar-refractivity contribution in [1.29, 1.82) is 0 Å². The molecule has 1 aromatic rings. The van der Waals surface area contributed by atoms with Gasteiger partial charge in [-0.15, -0.1) is 0 Å². The Morgan fingerprint density at radius 2 is 2.19 bits per heavy atom. The molecule has 0 heterocycles. The summed E-state index contributed by atoms with van der Waals surface area (Å²) in [5, 5.41) is 7.88. The molecule has 1 rings (SSSR count). The zero-order chi connectivity index (χ0) is 12.0. The van der Waals surface area contributed by atoms with Crippen LogP contribution in [-0.4, -0.2) is 18.6 Å². The van der Waals surface area contributed by atoms with Gasteiger partial charge in [0.25, 0.3) is 0 Å². The SMILES string of the molecule is CCOC(=O)C(C)N=Nc1ccccc1Br. The van der Waals surface area contributed by atoms with Crippen LogP contribution in [0, 0.1) is 0 Å². The van der Waals surface area contributed by atoms with Crippen molar-refractivity contribution in [3.63, 3.8) is 0 Å². The van der Waals surface area contributed by atoms with Gasteiger partial charge in [-0.25, -0.2) is 4.79 Å². The molecule has 0 aliphatic rings. The lowest BCUT2D eigenvalue weighted by molar-refractivity contribution is -0.144. The van der Waals surface area contributed by atoms with E-state index in [1.807, 2.05) is 24.3 Å². The molecule has 0 aliphatic heterocycles. The Morgan fingerprint density at radius 1 is 1.50 bits per heavy atom. The second-order valence-corrected chi connectivity index (χ2v) is 3.95. The quantitative estimate of drug-likeness (QED) is 0.628. The van der Waals surface area contributed by atoms with Crippen molar-refractivity contribution in [2.75, 3.05) is 6.61 Å². The van der Waals surface area contributed by atoms with Crippen molar-refractivity contribution in [3.8, 4) is 0 Å². The summed E-state index contributed by atoms with van der Waals surface area (Å²) < 4.78 is 5.66. The van der Waals surface area contributed by atoms with E-state index in [4.69, 9.17) is 4.74 Å². The van der Waals surface area contributed by atoms with E-state index in [-0.39, 0.29) is 5.97 Å². The van der Waals surface area contributed by atoms with Crippen LogP contribution in [-0.2, 0) is 9.53 Å². The van der Waals surface area contributed by atoms with Crippen LogP contribution in [0.25, 0.3) is 0 Å². The molecule has 1 unspecified atom stereocenters. The number of rotatable bonds is 4. The molecule has 16 heavy (non-hydrogen) atoms. The average Bonchev–Trinajstić information content (AvgIpc) is 2.28. The minimum absolute atomic E-state index is 0.355. The Kier molecular flexibility index (Phi) is 5.11. The van der Waals surface area contributed by atoms with Crippen LogP contribution in [0.1, 0.15) is 13.8 Å². The highest BCUT2D eigenvalue weighted by molar-refractivity contribution is 9.10. The van der Waals surface area contributed by atoms with Gasteiger partial charge in [0, 0.05) is 4.47 Å². The van der Waals surface area contributed by atoms with E-state index in [0.717, 1.165) is 4.47 Å². The van der Waals surface area contributed by atoms with E-state index in [1.54, 1.807) is 13.8 Å². The molecule has 5 heteroatoms. The topological polar surface area (TPSA) is 51.0 Å². The molecular formula is C11H13BrN2O2. The molecular weight excluding hydrogens is 272 g/mol. The van der Waals surface area contributed by atoms with E-state index in [9.17, 15) is 4.79 Å². The van der Waals surface area contributed by atoms with Crippen LogP contribution in [0.3, 0.4) is 0 Å². The van der Waals surface area contributed by atoms with Gasteiger partial charge in [-0.3, -0.25) is 0 Å². The summed E-state index contributed by atoms with van der Waals surface area (Å²) in [4.78, 5) is 11.3. The van der Waals surface area contributed by atoms with Gasteiger partial charge in [0.1, 0.15) is 0 Å². The molecule has 86 valence electrons. The first-order chi connectivity index (χ1) is 7.65. The highest BCUT2D eigenvalue weighted by Crippen LogP contribution is 2.24. The molecule has 0 spiro atoms. The average molecular weight is 285 g/mol. The summed E-state index contributed by atoms with van der Waals surface area (Å²) in [7, 11) is 0. The third-order valence-corrected chi connectivity index (χ3v) is 2.49. The lowest BCUT2D eigenvalue weighted by atomic mass is 10.3. The third-order valence-electron chi connectivity index (χ3n) is 1.82. The molecule has 0 amide bonds. The summed E-state index contributed by atoms with van der Waals surface area (Å²) in [6, 6.07) is 6.84. The Balaban J connectivity index is 2.67. The van der Waals surface area contributed by atoms with Crippen LogP contribution >= 0.6 is 15.9 Å². The van der Waals surface area contributed by atoms with Gasteiger partial charge >= 0.3 is 5.97 Å². The maximum Gasteiger partial charge on any atom is 0.332 e. The van der Waals surface area contributed by atoms with Gasteiger partial charge in [-0.05, 0) is 41.9 Å². The van der Waals surface area contributed by atoms with E-state index in [2.05, 4.69) is 26.2 Å². The first-order valence-electron chi connectivity index (χ1n) is 4.97. The largest absolute Gasteiger partial charge is 0.464 e. The Morgan fingerprint density at radius 3 is 2.81 bits per heavy atom. The number of carbonyl (C=O) groups is 1. The Labute approximate surface area is 103 Å². The molecule has 0 bridgehead atoms. The molecule has 0 aromatic heterocycles. The van der Waals surface area contributed by atoms with Crippen LogP contribution < -0.4 is 0 Å². The number of ether oxygens (including phenoxy) is 1. The highest BCUT2D eigenvalue weighted by atomic mass is 79.9. The highest BCUT2D eigenvalue weighted by Gasteiger charge is 2.12. The molecule has 0 N–H and O–H groups in total. The first-order valence-corrected chi connectivity index (χ1v) is 5.76. The number of esters is 1. The smallest absolute Gasteiger partial charge is 0.332 e. The Bertz CT molecular complexity index is 393. The van der Waals surface area contributed by atoms with Gasteiger partial charge in [-0.2, -0.15) is 10.2 Å². The fourth-order valence-corrected chi connectivity index (χ4v) is 1.36. The number of hydrogen-bond donors (Lipinski definition) is 0. The van der Waals surface area contributed by atoms with E-state index in [1.165, 1.54) is 0 Å². The van der Waals surface area contributed by atoms with Crippen molar-refractivity contribution in [1.82, 2.24) is 0 Å². The summed E-state index contributed by atoms with van der Waals surface area (Å²) in [5.41, 5.74) is 0.693. The summed E-state index contributed by atoms with van der Waals surface area (Å²) in [5.74, 6) is -0.363. The lowest BCUT2D eigenvalue weighted by Gasteiger charge is -2.04. The number of halogens is 1. The zero-order valence-electron chi connectivity index (χ0n) is 9.18. The fraction of sp³-hybridized carbons (Fsp3) is 0.364. The van der Waals surface area contributed by atoms with Gasteiger partial charge in [-0.1, -0.05) is 12.1 Å². The van der Waals surface area contributed by atoms with E-state index < -0.39 is 6.04 Å². The van der Waals surface area contributed by atoms with Crippen LogP contribution in [0.4, 0.5) is 5.69 Å². The maximum atomic E-state index is 11.3. The minimum atomic E-state index is -0.577. The molecule has 0 fully saturated rings. The molecule has 1 atom stereocenters. The first kappa shape index (κ1) is 12.8. The lowest BCUT2D eigenvalue weighted by Crippen LogP contribution is -2.17. The second kappa shape index (κ2) is 6.37. The van der Waals surface area contributed by atoms with Crippen molar-refractivity contribution in [2.45, 2.75) is 19.9 Å². The minimum Gasteiger partial charge on any atom is -0.464 e. The van der Waals surface area contributed by atoms with Crippen LogP contribution in [0.15, 0.2) is 39.0 Å². The van der Waals surface area contributed by atoms with Gasteiger partial charge in [0.05, 0.1) is 12.3 Å². The molecule has 0 saturated carbocycles. The van der Waals surface area contributed by atoms with E-state index in [0.29, 0.717) is 12.3 Å². The van der Waals surface area contributed by atoms with Gasteiger partial charge in [0.15, 0.2) is 6.04 Å².